The molecule has 0 saturated carbocycles. The molecule has 0 atom stereocenters. The molecule has 0 heterocycles. The van der Waals surface area contributed by atoms with Crippen molar-refractivity contribution in [1.82, 2.24) is 0 Å². The maximum Gasteiger partial charge on any atom is 0.0726 e. The van der Waals surface area contributed by atoms with Crippen LogP contribution in [0.4, 0.5) is 0 Å². The molecule has 1 spiro atoms. The van der Waals surface area contributed by atoms with Gasteiger partial charge in [-0.05, 0) is 92.7 Å². The van der Waals surface area contributed by atoms with Gasteiger partial charge in [-0.1, -0.05) is 188 Å². The molecule has 0 heteroatoms. The Bertz CT molecular complexity index is 1770. The third-order valence-corrected chi connectivity index (χ3v) is 8.80. The normalized spacial score (nSPS) is 11.8. The van der Waals surface area contributed by atoms with Crippen molar-refractivity contribution in [3.8, 4) is 44.5 Å². The number of hydrogen-bond donors (Lipinski definition) is 0. The number of aryl methyl sites for hydroxylation is 2. The summed E-state index contributed by atoms with van der Waals surface area (Å²) in [5.74, 6) is 0. The van der Waals surface area contributed by atoms with Crippen molar-refractivity contribution in [2.45, 2.75) is 74.7 Å². The second-order valence-corrected chi connectivity index (χ2v) is 11.1. The molecule has 2 aliphatic rings. The van der Waals surface area contributed by atoms with Crippen LogP contribution in [0.1, 0.15) is 88.8 Å². The molecular weight excluding hydrogens is 565 g/mol. The first-order valence-corrected chi connectivity index (χ1v) is 17.8. The first kappa shape index (κ1) is 35.2. The topological polar surface area (TPSA) is 0 Å². The zero-order chi connectivity index (χ0) is 34.1. The van der Waals surface area contributed by atoms with Gasteiger partial charge in [0.25, 0.3) is 0 Å². The standard InChI is InChI=1S/C39H28.4C2H6/c1-25-13-17-31-32-18-14-26(2)22-36(32)39(35(31)21-25)37-23-29(27-9-5-3-6-10-27)15-19-33(37)34-20-16-30(24-38(34)39)28-11-7-4-8-12-28;4*1-2/h3-24H,1-2H3;4*1-2H3. The molecule has 0 unspecified atom stereocenters. The van der Waals surface area contributed by atoms with Crippen LogP contribution in [0.15, 0.2) is 133 Å². The van der Waals surface area contributed by atoms with Gasteiger partial charge in [0.2, 0.25) is 0 Å². The van der Waals surface area contributed by atoms with E-state index < -0.39 is 0 Å². The molecule has 0 fully saturated rings. The highest BCUT2D eigenvalue weighted by Gasteiger charge is 2.52. The maximum atomic E-state index is 2.47. The Morgan fingerprint density at radius 3 is 0.936 bits per heavy atom. The molecule has 0 N–H and O–H groups in total. The Hall–Kier alpha value is -4.68. The van der Waals surface area contributed by atoms with Gasteiger partial charge in [0.15, 0.2) is 0 Å². The van der Waals surface area contributed by atoms with Crippen LogP contribution in [-0.2, 0) is 5.41 Å². The van der Waals surface area contributed by atoms with E-state index in [2.05, 4.69) is 147 Å². The zero-order valence-corrected chi connectivity index (χ0v) is 30.2. The van der Waals surface area contributed by atoms with Crippen LogP contribution in [0.2, 0.25) is 0 Å². The largest absolute Gasteiger partial charge is 0.0726 e. The maximum absolute atomic E-state index is 2.47. The predicted octanol–water partition coefficient (Wildman–Crippen LogP) is 14.1. The van der Waals surface area contributed by atoms with Crippen molar-refractivity contribution in [1.29, 1.82) is 0 Å². The average molecular weight is 617 g/mol. The van der Waals surface area contributed by atoms with Crippen molar-refractivity contribution < 1.29 is 0 Å². The summed E-state index contributed by atoms with van der Waals surface area (Å²) in [4.78, 5) is 0. The fraction of sp³-hybridized carbons (Fsp3) is 0.234. The van der Waals surface area contributed by atoms with E-state index in [0.29, 0.717) is 0 Å². The molecule has 0 aromatic heterocycles. The molecular formula is C47H52. The van der Waals surface area contributed by atoms with Gasteiger partial charge in [0.05, 0.1) is 5.41 Å². The van der Waals surface area contributed by atoms with Crippen molar-refractivity contribution in [2.75, 3.05) is 0 Å². The highest BCUT2D eigenvalue weighted by Crippen LogP contribution is 2.63. The van der Waals surface area contributed by atoms with Gasteiger partial charge in [0.1, 0.15) is 0 Å². The van der Waals surface area contributed by atoms with Crippen LogP contribution in [0.5, 0.6) is 0 Å². The lowest BCUT2D eigenvalue weighted by Crippen LogP contribution is -2.26. The highest BCUT2D eigenvalue weighted by molar-refractivity contribution is 5.97. The smallest absolute Gasteiger partial charge is 0.0683 e. The van der Waals surface area contributed by atoms with Crippen LogP contribution in [0, 0.1) is 13.8 Å². The second-order valence-electron chi connectivity index (χ2n) is 11.1. The first-order valence-electron chi connectivity index (χ1n) is 17.8. The molecule has 0 radical (unpaired) electrons. The van der Waals surface area contributed by atoms with Crippen LogP contribution in [0.3, 0.4) is 0 Å². The van der Waals surface area contributed by atoms with Gasteiger partial charge >= 0.3 is 0 Å². The Morgan fingerprint density at radius 2 is 0.596 bits per heavy atom. The van der Waals surface area contributed by atoms with Crippen molar-refractivity contribution in [3.05, 3.63) is 167 Å². The lowest BCUT2D eigenvalue weighted by Gasteiger charge is -2.31. The molecule has 240 valence electrons. The van der Waals surface area contributed by atoms with E-state index in [1.807, 2.05) is 55.4 Å². The summed E-state index contributed by atoms with van der Waals surface area (Å²) in [6.45, 7) is 20.4. The lowest BCUT2D eigenvalue weighted by molar-refractivity contribution is 0.792. The summed E-state index contributed by atoms with van der Waals surface area (Å²) in [6.07, 6.45) is 0. The molecule has 47 heavy (non-hydrogen) atoms. The molecule has 8 rings (SSSR count). The van der Waals surface area contributed by atoms with E-state index >= 15 is 0 Å². The van der Waals surface area contributed by atoms with Crippen molar-refractivity contribution in [3.63, 3.8) is 0 Å². The van der Waals surface area contributed by atoms with E-state index in [0.717, 1.165) is 0 Å². The van der Waals surface area contributed by atoms with Crippen molar-refractivity contribution >= 4 is 0 Å². The number of benzene rings is 6. The van der Waals surface area contributed by atoms with Gasteiger partial charge in [0, 0.05) is 0 Å². The van der Waals surface area contributed by atoms with Gasteiger partial charge in [-0.15, -0.1) is 0 Å². The summed E-state index contributed by atoms with van der Waals surface area (Å²) >= 11 is 0. The van der Waals surface area contributed by atoms with Crippen LogP contribution >= 0.6 is 0 Å². The molecule has 2 aliphatic carbocycles. The van der Waals surface area contributed by atoms with E-state index in [1.54, 1.807) is 0 Å². The lowest BCUT2D eigenvalue weighted by atomic mass is 9.69. The third kappa shape index (κ3) is 5.98. The molecule has 6 aromatic rings. The molecule has 0 nitrogen and oxygen atoms in total. The summed E-state index contributed by atoms with van der Waals surface area (Å²) in [5, 5.41) is 0. The van der Waals surface area contributed by atoms with Crippen LogP contribution < -0.4 is 0 Å². The SMILES string of the molecule is CC.CC.CC.CC.Cc1ccc2c(c1)C1(c3cc(C)ccc3-2)c2cc(-c3ccccc3)ccc2-c2ccc(-c3ccccc3)cc21. The summed E-state index contributed by atoms with van der Waals surface area (Å²) in [7, 11) is 0. The fourth-order valence-electron chi connectivity index (χ4n) is 7.08. The molecule has 0 aliphatic heterocycles. The van der Waals surface area contributed by atoms with E-state index in [9.17, 15) is 0 Å². The molecule has 0 saturated heterocycles. The van der Waals surface area contributed by atoms with Crippen LogP contribution in [0.25, 0.3) is 44.5 Å². The van der Waals surface area contributed by atoms with E-state index in [-0.39, 0.29) is 5.41 Å². The minimum atomic E-state index is -0.358. The number of rotatable bonds is 2. The summed E-state index contributed by atoms with van der Waals surface area (Å²) in [6, 6.07) is 49.9. The Labute approximate surface area is 285 Å². The quantitative estimate of drug-likeness (QED) is 0.181. The monoisotopic (exact) mass is 616 g/mol. The van der Waals surface area contributed by atoms with Gasteiger partial charge in [-0.3, -0.25) is 0 Å². The fourth-order valence-corrected chi connectivity index (χ4v) is 7.08. The van der Waals surface area contributed by atoms with Gasteiger partial charge in [-0.2, -0.15) is 0 Å². The Morgan fingerprint density at radius 1 is 0.298 bits per heavy atom. The summed E-state index contributed by atoms with van der Waals surface area (Å²) < 4.78 is 0. The minimum absolute atomic E-state index is 0.358. The van der Waals surface area contributed by atoms with E-state index in [4.69, 9.17) is 0 Å². The average Bonchev–Trinajstić information content (AvgIpc) is 3.61. The van der Waals surface area contributed by atoms with E-state index in [1.165, 1.54) is 77.9 Å². The number of hydrogen-bond acceptors (Lipinski definition) is 0. The van der Waals surface area contributed by atoms with Gasteiger partial charge in [-0.25, -0.2) is 0 Å². The summed E-state index contributed by atoms with van der Waals surface area (Å²) in [5.41, 5.74) is 18.2. The second kappa shape index (κ2) is 15.7. The third-order valence-electron chi connectivity index (χ3n) is 8.80. The number of fused-ring (bicyclic) bond motifs is 10. The van der Waals surface area contributed by atoms with Gasteiger partial charge < -0.3 is 0 Å². The predicted molar refractivity (Wildman–Crippen MR) is 208 cm³/mol. The molecule has 0 bridgehead atoms. The minimum Gasteiger partial charge on any atom is -0.0683 e. The Kier molecular flexibility index (Phi) is 11.8. The van der Waals surface area contributed by atoms with Crippen LogP contribution in [-0.4, -0.2) is 0 Å². The molecule has 0 amide bonds. The van der Waals surface area contributed by atoms with Crippen molar-refractivity contribution in [2.24, 2.45) is 0 Å². The molecule has 6 aromatic carbocycles. The zero-order valence-electron chi connectivity index (χ0n) is 30.2. The highest BCUT2D eigenvalue weighted by atomic mass is 14.5. The first-order chi connectivity index (χ1) is 23.1. The Balaban J connectivity index is 0.000000584.